The Morgan fingerprint density at radius 1 is 1.07 bits per heavy atom. The lowest BCUT2D eigenvalue weighted by Gasteiger charge is -2.40. The Balaban J connectivity index is 1.58. The summed E-state index contributed by atoms with van der Waals surface area (Å²) in [7, 11) is 0. The number of piperidine rings is 1. The molecule has 0 saturated carbocycles. The third kappa shape index (κ3) is 7.23. The van der Waals surface area contributed by atoms with Crippen molar-refractivity contribution in [2.75, 3.05) is 13.1 Å². The number of amides is 1. The van der Waals surface area contributed by atoms with Crippen molar-refractivity contribution in [2.24, 2.45) is 0 Å². The number of allylic oxidation sites excluding steroid dienone is 1. The minimum Gasteiger partial charge on any atom is -0.459 e. The Hall–Kier alpha value is -3.51. The molecule has 0 aromatic heterocycles. The van der Waals surface area contributed by atoms with Gasteiger partial charge in [0.05, 0.1) is 17.2 Å². The summed E-state index contributed by atoms with van der Waals surface area (Å²) in [5, 5.41) is 2.58. The molecule has 1 fully saturated rings. The molecule has 2 aromatic rings. The van der Waals surface area contributed by atoms with Gasteiger partial charge in [-0.3, -0.25) is 4.90 Å². The maximum atomic E-state index is 14.1. The standard InChI is InChI=1S/C29H31F4N3O4S/c1-17(2)39-26(37)24-18(3)34-27(41)36(25(24)22-6-4-5-7-23(22)29(31,32)33)28(38)40-21-12-14-35(15-13-21)16-19-8-10-20(30)11-9-19/h4-11,17,21,25H,12-16H2,1-3H3,(H,34,41)/t25-/m0/s1. The molecule has 0 bridgehead atoms. The van der Waals surface area contributed by atoms with Gasteiger partial charge in [0.1, 0.15) is 18.0 Å². The lowest BCUT2D eigenvalue weighted by atomic mass is 9.90. The van der Waals surface area contributed by atoms with Crippen LogP contribution < -0.4 is 5.32 Å². The first-order chi connectivity index (χ1) is 19.3. The molecule has 0 aliphatic carbocycles. The summed E-state index contributed by atoms with van der Waals surface area (Å²) >= 11 is 5.40. The van der Waals surface area contributed by atoms with Gasteiger partial charge < -0.3 is 14.8 Å². The number of likely N-dealkylation sites (tertiary alicyclic amines) is 1. The van der Waals surface area contributed by atoms with E-state index < -0.39 is 42.1 Å². The van der Waals surface area contributed by atoms with Gasteiger partial charge in [0.2, 0.25) is 0 Å². The molecule has 1 saturated heterocycles. The molecule has 12 heteroatoms. The molecular weight excluding hydrogens is 562 g/mol. The lowest BCUT2D eigenvalue weighted by molar-refractivity contribution is -0.144. The second kappa shape index (κ2) is 12.6. The van der Waals surface area contributed by atoms with Gasteiger partial charge >= 0.3 is 18.2 Å². The number of hydrogen-bond donors (Lipinski definition) is 1. The second-order valence-electron chi connectivity index (χ2n) is 10.3. The summed E-state index contributed by atoms with van der Waals surface area (Å²) in [6.07, 6.45) is -5.87. The molecule has 1 amide bonds. The van der Waals surface area contributed by atoms with E-state index in [0.29, 0.717) is 32.5 Å². The van der Waals surface area contributed by atoms with E-state index in [-0.39, 0.29) is 27.8 Å². The van der Waals surface area contributed by atoms with Crippen molar-refractivity contribution in [3.8, 4) is 0 Å². The van der Waals surface area contributed by atoms with Crippen molar-refractivity contribution < 1.29 is 36.6 Å². The molecule has 2 aliphatic rings. The number of carbonyl (C=O) groups is 2. The smallest absolute Gasteiger partial charge is 0.417 e. The maximum Gasteiger partial charge on any atom is 0.417 e. The Morgan fingerprint density at radius 2 is 1.71 bits per heavy atom. The number of nitrogens with zero attached hydrogens (tertiary/aromatic N) is 2. The van der Waals surface area contributed by atoms with Gasteiger partial charge in [-0.1, -0.05) is 30.3 Å². The Morgan fingerprint density at radius 3 is 2.32 bits per heavy atom. The summed E-state index contributed by atoms with van der Waals surface area (Å²) in [6, 6.07) is 9.42. The van der Waals surface area contributed by atoms with Crippen molar-refractivity contribution in [2.45, 2.75) is 64.6 Å². The fraction of sp³-hybridized carbons (Fsp3) is 0.414. The molecule has 0 unspecified atom stereocenters. The number of alkyl halides is 3. The molecule has 41 heavy (non-hydrogen) atoms. The number of halogens is 4. The van der Waals surface area contributed by atoms with Crippen LogP contribution in [0.25, 0.3) is 0 Å². The number of carbonyl (C=O) groups excluding carboxylic acids is 2. The van der Waals surface area contributed by atoms with Crippen LogP contribution in [0, 0.1) is 5.82 Å². The molecule has 2 heterocycles. The fourth-order valence-corrected chi connectivity index (χ4v) is 5.32. The molecule has 7 nitrogen and oxygen atoms in total. The first-order valence-electron chi connectivity index (χ1n) is 13.2. The highest BCUT2D eigenvalue weighted by atomic mass is 32.1. The number of thiocarbonyl (C=S) groups is 1. The van der Waals surface area contributed by atoms with Crippen LogP contribution in [0.4, 0.5) is 22.4 Å². The van der Waals surface area contributed by atoms with Crippen LogP contribution in [0.5, 0.6) is 0 Å². The summed E-state index contributed by atoms with van der Waals surface area (Å²) in [5.41, 5.74) is -0.384. The van der Waals surface area contributed by atoms with Crippen LogP contribution in [0.2, 0.25) is 0 Å². The first-order valence-corrected chi connectivity index (χ1v) is 13.6. The Kier molecular flexibility index (Phi) is 9.33. The summed E-state index contributed by atoms with van der Waals surface area (Å²) in [6.45, 7) is 6.49. The first kappa shape index (κ1) is 30.4. The normalized spacial score (nSPS) is 18.9. The van der Waals surface area contributed by atoms with E-state index >= 15 is 0 Å². The summed E-state index contributed by atoms with van der Waals surface area (Å²) in [5.74, 6) is -1.19. The Labute approximate surface area is 241 Å². The van der Waals surface area contributed by atoms with Crippen LogP contribution in [0.3, 0.4) is 0 Å². The maximum absolute atomic E-state index is 14.1. The van der Waals surface area contributed by atoms with Crippen molar-refractivity contribution in [3.05, 3.63) is 82.3 Å². The zero-order valence-electron chi connectivity index (χ0n) is 22.8. The topological polar surface area (TPSA) is 71.1 Å². The van der Waals surface area contributed by atoms with Crippen molar-refractivity contribution in [1.29, 1.82) is 0 Å². The van der Waals surface area contributed by atoms with E-state index in [1.165, 1.54) is 37.3 Å². The number of rotatable bonds is 6. The van der Waals surface area contributed by atoms with Crippen molar-refractivity contribution in [1.82, 2.24) is 15.1 Å². The van der Waals surface area contributed by atoms with E-state index in [4.69, 9.17) is 21.7 Å². The highest BCUT2D eigenvalue weighted by Gasteiger charge is 2.46. The van der Waals surface area contributed by atoms with Gasteiger partial charge in [-0.15, -0.1) is 0 Å². The minimum atomic E-state index is -4.77. The van der Waals surface area contributed by atoms with Gasteiger partial charge in [0, 0.05) is 25.3 Å². The molecule has 2 aromatic carbocycles. The fourth-order valence-electron chi connectivity index (χ4n) is 4.99. The molecule has 0 spiro atoms. The van der Waals surface area contributed by atoms with Crippen molar-refractivity contribution in [3.63, 3.8) is 0 Å². The number of hydrogen-bond acceptors (Lipinski definition) is 6. The zero-order chi connectivity index (χ0) is 29.9. The summed E-state index contributed by atoms with van der Waals surface area (Å²) in [4.78, 5) is 29.8. The van der Waals surface area contributed by atoms with E-state index in [0.717, 1.165) is 16.5 Å². The number of ether oxygens (including phenoxy) is 2. The quantitative estimate of drug-likeness (QED) is 0.247. The van der Waals surface area contributed by atoms with Crippen LogP contribution in [-0.4, -0.2) is 52.3 Å². The molecule has 0 radical (unpaired) electrons. The van der Waals surface area contributed by atoms with Gasteiger partial charge in [-0.05, 0) is 75.2 Å². The van der Waals surface area contributed by atoms with Crippen molar-refractivity contribution >= 4 is 29.4 Å². The van der Waals surface area contributed by atoms with Gasteiger partial charge in [0.25, 0.3) is 0 Å². The molecule has 1 N–H and O–H groups in total. The van der Waals surface area contributed by atoms with Crippen LogP contribution in [0.15, 0.2) is 59.8 Å². The average Bonchev–Trinajstić information content (AvgIpc) is 2.89. The Bertz CT molecular complexity index is 1320. The van der Waals surface area contributed by atoms with E-state index in [2.05, 4.69) is 10.2 Å². The number of esters is 1. The van der Waals surface area contributed by atoms with Crippen LogP contribution in [0.1, 0.15) is 56.3 Å². The number of nitrogens with one attached hydrogen (secondary N) is 1. The molecular formula is C29H31F4N3O4S. The molecule has 220 valence electrons. The van der Waals surface area contributed by atoms with Gasteiger partial charge in [-0.2, -0.15) is 13.2 Å². The average molecular weight is 594 g/mol. The molecule has 2 aliphatic heterocycles. The predicted molar refractivity (Wildman–Crippen MR) is 147 cm³/mol. The molecule has 4 rings (SSSR count). The van der Waals surface area contributed by atoms with Gasteiger partial charge in [0.15, 0.2) is 5.11 Å². The van der Waals surface area contributed by atoms with E-state index in [1.807, 2.05) is 0 Å². The van der Waals surface area contributed by atoms with E-state index in [9.17, 15) is 27.2 Å². The third-order valence-corrected chi connectivity index (χ3v) is 7.19. The van der Waals surface area contributed by atoms with Gasteiger partial charge in [-0.25, -0.2) is 18.9 Å². The number of benzene rings is 2. The van der Waals surface area contributed by atoms with Crippen LogP contribution >= 0.6 is 12.2 Å². The molecule has 1 atom stereocenters. The second-order valence-corrected chi connectivity index (χ2v) is 10.7. The monoisotopic (exact) mass is 593 g/mol. The predicted octanol–water partition coefficient (Wildman–Crippen LogP) is 6.10. The zero-order valence-corrected chi connectivity index (χ0v) is 23.7. The highest BCUT2D eigenvalue weighted by Crippen LogP contribution is 2.42. The highest BCUT2D eigenvalue weighted by molar-refractivity contribution is 7.80. The largest absolute Gasteiger partial charge is 0.459 e. The lowest BCUT2D eigenvalue weighted by Crippen LogP contribution is -2.52. The SMILES string of the molecule is CC1=C(C(=O)OC(C)C)[C@H](c2ccccc2C(F)(F)F)N(C(=O)OC2CCN(Cc3ccc(F)cc3)CC2)C(=S)N1. The summed E-state index contributed by atoms with van der Waals surface area (Å²) < 4.78 is 66.7. The minimum absolute atomic E-state index is 0.171. The van der Waals surface area contributed by atoms with Crippen LogP contribution in [-0.2, 0) is 27.0 Å². The third-order valence-electron chi connectivity index (χ3n) is 6.89. The van der Waals surface area contributed by atoms with E-state index in [1.54, 1.807) is 26.0 Å².